The maximum atomic E-state index is 12.4. The predicted octanol–water partition coefficient (Wildman–Crippen LogP) is 2.55. The Bertz CT molecular complexity index is 932. The van der Waals surface area contributed by atoms with Crippen LogP contribution in [0.2, 0.25) is 0 Å². The molecule has 0 bridgehead atoms. The number of aromatic nitrogens is 2. The summed E-state index contributed by atoms with van der Waals surface area (Å²) in [6, 6.07) is 13.9. The van der Waals surface area contributed by atoms with Crippen molar-refractivity contribution in [3.63, 3.8) is 0 Å². The van der Waals surface area contributed by atoms with Gasteiger partial charge in [-0.3, -0.25) is 9.59 Å². The van der Waals surface area contributed by atoms with Gasteiger partial charge in [0.05, 0.1) is 17.1 Å². The first-order chi connectivity index (χ1) is 12.9. The average Bonchev–Trinajstić information content (AvgIpc) is 3.08. The molecule has 2 aromatic carbocycles. The van der Waals surface area contributed by atoms with Crippen LogP contribution in [-0.4, -0.2) is 28.4 Å². The number of nitrogens with zero attached hydrogens (tertiary/aromatic N) is 1. The number of hydrogen-bond acceptors (Lipinski definition) is 4. The molecule has 0 fully saturated rings. The molecule has 7 nitrogen and oxygen atoms in total. The highest BCUT2D eigenvalue weighted by Gasteiger charge is 2.22. The van der Waals surface area contributed by atoms with Gasteiger partial charge in [-0.15, -0.1) is 0 Å². The van der Waals surface area contributed by atoms with Crippen LogP contribution in [0.5, 0.6) is 5.75 Å². The molecule has 0 spiro atoms. The third kappa shape index (κ3) is 4.44. The molecule has 3 rings (SSSR count). The summed E-state index contributed by atoms with van der Waals surface area (Å²) < 4.78 is 5.48. The monoisotopic (exact) mass is 366 g/mol. The molecular weight excluding hydrogens is 344 g/mol. The van der Waals surface area contributed by atoms with E-state index in [9.17, 15) is 9.59 Å². The Hall–Kier alpha value is -3.35. The van der Waals surface area contributed by atoms with Crippen LogP contribution in [0.4, 0.5) is 0 Å². The van der Waals surface area contributed by atoms with Crippen molar-refractivity contribution in [1.29, 1.82) is 0 Å². The van der Waals surface area contributed by atoms with Crippen LogP contribution in [0.1, 0.15) is 36.1 Å². The molecule has 27 heavy (non-hydrogen) atoms. The van der Waals surface area contributed by atoms with Crippen molar-refractivity contribution in [3.05, 3.63) is 59.9 Å². The maximum absolute atomic E-state index is 12.4. The van der Waals surface area contributed by atoms with Crippen molar-refractivity contribution in [1.82, 2.24) is 15.3 Å². The number of carbonyl (C=O) groups excluding carboxylic acids is 2. The Morgan fingerprint density at radius 3 is 2.67 bits per heavy atom. The van der Waals surface area contributed by atoms with Crippen LogP contribution in [0, 0.1) is 5.92 Å². The molecule has 0 aliphatic carbocycles. The van der Waals surface area contributed by atoms with Crippen molar-refractivity contribution >= 4 is 22.8 Å². The lowest BCUT2D eigenvalue weighted by atomic mass is 10.0. The van der Waals surface area contributed by atoms with E-state index in [-0.39, 0.29) is 24.5 Å². The quantitative estimate of drug-likeness (QED) is 0.597. The van der Waals surface area contributed by atoms with E-state index < -0.39 is 5.91 Å². The van der Waals surface area contributed by atoms with Crippen LogP contribution in [0.25, 0.3) is 11.0 Å². The lowest BCUT2D eigenvalue weighted by Crippen LogP contribution is -2.35. The minimum Gasteiger partial charge on any atom is -0.484 e. The number of nitrogens with one attached hydrogen (secondary N) is 2. The third-order valence-corrected chi connectivity index (χ3v) is 4.17. The van der Waals surface area contributed by atoms with E-state index in [0.29, 0.717) is 17.1 Å². The first-order valence-corrected chi connectivity index (χ1v) is 8.70. The number of ether oxygens (including phenoxy) is 1. The summed E-state index contributed by atoms with van der Waals surface area (Å²) >= 11 is 0. The summed E-state index contributed by atoms with van der Waals surface area (Å²) in [5.74, 6) is 0.419. The third-order valence-electron chi connectivity index (χ3n) is 4.17. The second-order valence-electron chi connectivity index (χ2n) is 6.61. The van der Waals surface area contributed by atoms with Gasteiger partial charge in [0.1, 0.15) is 11.6 Å². The summed E-state index contributed by atoms with van der Waals surface area (Å²) in [6.07, 6.45) is 0. The maximum Gasteiger partial charge on any atom is 0.258 e. The zero-order chi connectivity index (χ0) is 19.4. The van der Waals surface area contributed by atoms with Gasteiger partial charge in [0.25, 0.3) is 5.91 Å². The fourth-order valence-corrected chi connectivity index (χ4v) is 2.77. The molecule has 0 unspecified atom stereocenters. The highest BCUT2D eigenvalue weighted by molar-refractivity contribution is 5.93. The summed E-state index contributed by atoms with van der Waals surface area (Å²) in [5, 5.41) is 2.95. The smallest absolute Gasteiger partial charge is 0.258 e. The lowest BCUT2D eigenvalue weighted by molar-refractivity contribution is -0.124. The number of benzene rings is 2. The summed E-state index contributed by atoms with van der Waals surface area (Å²) in [7, 11) is 0. The molecule has 0 aliphatic rings. The molecule has 7 heteroatoms. The summed E-state index contributed by atoms with van der Waals surface area (Å²) in [6.45, 7) is 3.84. The van der Waals surface area contributed by atoms with Crippen LogP contribution in [-0.2, 0) is 4.79 Å². The molecule has 0 saturated carbocycles. The lowest BCUT2D eigenvalue weighted by Gasteiger charge is -2.20. The molecule has 140 valence electrons. The Labute approximate surface area is 156 Å². The van der Waals surface area contributed by atoms with Gasteiger partial charge in [0.2, 0.25) is 5.91 Å². The second kappa shape index (κ2) is 7.90. The topological polar surface area (TPSA) is 110 Å². The van der Waals surface area contributed by atoms with Crippen LogP contribution in [0.3, 0.4) is 0 Å². The second-order valence-corrected chi connectivity index (χ2v) is 6.61. The summed E-state index contributed by atoms with van der Waals surface area (Å²) in [4.78, 5) is 31.4. The van der Waals surface area contributed by atoms with Gasteiger partial charge in [-0.05, 0) is 36.2 Å². The fraction of sp³-hybridized carbons (Fsp3) is 0.250. The van der Waals surface area contributed by atoms with E-state index in [2.05, 4.69) is 15.3 Å². The first-order valence-electron chi connectivity index (χ1n) is 8.70. The minimum absolute atomic E-state index is 0.132. The van der Waals surface area contributed by atoms with Crippen molar-refractivity contribution in [2.75, 3.05) is 6.61 Å². The fourth-order valence-electron chi connectivity index (χ4n) is 2.77. The molecule has 1 atom stereocenters. The highest BCUT2D eigenvalue weighted by atomic mass is 16.5. The number of primary amides is 1. The highest BCUT2D eigenvalue weighted by Crippen LogP contribution is 2.22. The number of aromatic amines is 1. The number of rotatable bonds is 7. The van der Waals surface area contributed by atoms with Crippen molar-refractivity contribution in [2.24, 2.45) is 11.7 Å². The van der Waals surface area contributed by atoms with Crippen molar-refractivity contribution in [2.45, 2.75) is 19.9 Å². The van der Waals surface area contributed by atoms with Gasteiger partial charge in [-0.25, -0.2) is 4.98 Å². The number of H-pyrrole nitrogens is 1. The van der Waals surface area contributed by atoms with E-state index in [0.717, 1.165) is 11.0 Å². The Kier molecular flexibility index (Phi) is 5.40. The number of para-hydroxylation sites is 2. The number of carbonyl (C=O) groups is 2. The molecule has 0 aliphatic heterocycles. The Balaban J connectivity index is 1.67. The normalized spacial score (nSPS) is 12.1. The number of fused-ring (bicyclic) bond motifs is 1. The largest absolute Gasteiger partial charge is 0.484 e. The van der Waals surface area contributed by atoms with Gasteiger partial charge < -0.3 is 20.8 Å². The van der Waals surface area contributed by atoms with Gasteiger partial charge in [-0.1, -0.05) is 32.0 Å². The number of imidazole rings is 1. The Morgan fingerprint density at radius 2 is 1.96 bits per heavy atom. The van der Waals surface area contributed by atoms with E-state index in [1.807, 2.05) is 38.1 Å². The molecule has 4 N–H and O–H groups in total. The molecule has 0 radical (unpaired) electrons. The molecule has 1 aromatic heterocycles. The molecule has 1 heterocycles. The van der Waals surface area contributed by atoms with E-state index >= 15 is 0 Å². The van der Waals surface area contributed by atoms with Gasteiger partial charge in [-0.2, -0.15) is 0 Å². The predicted molar refractivity (Wildman–Crippen MR) is 102 cm³/mol. The van der Waals surface area contributed by atoms with Gasteiger partial charge >= 0.3 is 0 Å². The van der Waals surface area contributed by atoms with Crippen molar-refractivity contribution < 1.29 is 14.3 Å². The molecule has 3 aromatic rings. The zero-order valence-electron chi connectivity index (χ0n) is 15.2. The summed E-state index contributed by atoms with van der Waals surface area (Å²) in [5.41, 5.74) is 7.36. The average molecular weight is 366 g/mol. The first kappa shape index (κ1) is 18.4. The molecular formula is C20H22N4O3. The van der Waals surface area contributed by atoms with Gasteiger partial charge in [0, 0.05) is 5.56 Å². The number of amides is 2. The van der Waals surface area contributed by atoms with E-state index in [1.54, 1.807) is 18.2 Å². The van der Waals surface area contributed by atoms with Crippen LogP contribution < -0.4 is 15.8 Å². The van der Waals surface area contributed by atoms with Crippen LogP contribution in [0.15, 0.2) is 48.5 Å². The number of hydrogen-bond donors (Lipinski definition) is 3. The minimum atomic E-state index is -0.547. The van der Waals surface area contributed by atoms with Crippen LogP contribution >= 0.6 is 0 Å². The SMILES string of the molecule is CC(C)[C@H](NC(=O)COc1cccc(C(N)=O)c1)c1nc2ccccc2[nH]1. The Morgan fingerprint density at radius 1 is 1.19 bits per heavy atom. The van der Waals surface area contributed by atoms with Crippen molar-refractivity contribution in [3.8, 4) is 5.75 Å². The van der Waals surface area contributed by atoms with Gasteiger partial charge in [0.15, 0.2) is 6.61 Å². The molecule has 2 amide bonds. The van der Waals surface area contributed by atoms with E-state index in [4.69, 9.17) is 10.5 Å². The van der Waals surface area contributed by atoms with E-state index in [1.165, 1.54) is 6.07 Å². The molecule has 0 saturated heterocycles. The standard InChI is InChI=1S/C20H22N4O3/c1-12(2)18(20-22-15-8-3-4-9-16(15)23-20)24-17(25)11-27-14-7-5-6-13(10-14)19(21)26/h3-10,12,18H,11H2,1-2H3,(H2,21,26)(H,22,23)(H,24,25)/t18-/m0/s1. The zero-order valence-corrected chi connectivity index (χ0v) is 15.2. The number of nitrogens with two attached hydrogens (primary N) is 1.